The third kappa shape index (κ3) is 3.75. The van der Waals surface area contributed by atoms with Gasteiger partial charge in [0.2, 0.25) is 0 Å². The van der Waals surface area contributed by atoms with Crippen molar-refractivity contribution in [1.82, 2.24) is 0 Å². The minimum atomic E-state index is -1.03. The summed E-state index contributed by atoms with van der Waals surface area (Å²) in [7, 11) is 0. The van der Waals surface area contributed by atoms with E-state index in [1.807, 2.05) is 6.92 Å². The highest BCUT2D eigenvalue weighted by molar-refractivity contribution is 5.89. The van der Waals surface area contributed by atoms with Crippen molar-refractivity contribution in [3.05, 3.63) is 29.3 Å². The lowest BCUT2D eigenvalue weighted by Crippen LogP contribution is -2.32. The average molecular weight is 275 g/mol. The second-order valence-corrected chi connectivity index (χ2v) is 4.63. The van der Waals surface area contributed by atoms with Gasteiger partial charge in [-0.25, -0.2) is 4.79 Å². The van der Waals surface area contributed by atoms with Crippen LogP contribution in [0.5, 0.6) is 0 Å². The van der Waals surface area contributed by atoms with Crippen LogP contribution in [0.4, 0.5) is 5.69 Å². The van der Waals surface area contributed by atoms with Gasteiger partial charge in [0, 0.05) is 12.2 Å². The number of carbonyl (C=O) groups is 2. The Morgan fingerprint density at radius 3 is 2.55 bits per heavy atom. The molecule has 0 aliphatic heterocycles. The molecule has 0 aromatic heterocycles. The molecule has 106 valence electrons. The first-order valence-corrected chi connectivity index (χ1v) is 6.12. The monoisotopic (exact) mass is 275 g/mol. The number of aryl methyl sites for hydroxylation is 1. The van der Waals surface area contributed by atoms with Gasteiger partial charge in [0.1, 0.15) is 0 Å². The molecule has 0 aliphatic rings. The fourth-order valence-corrected chi connectivity index (χ4v) is 1.85. The molecule has 1 atom stereocenters. The molecule has 0 fully saturated rings. The molecular formula is C15H17NO4. The normalized spacial score (nSPS) is 11.4. The van der Waals surface area contributed by atoms with Crippen molar-refractivity contribution in [2.45, 2.75) is 13.8 Å². The lowest BCUT2D eigenvalue weighted by Gasteiger charge is -2.26. The van der Waals surface area contributed by atoms with Crippen molar-refractivity contribution in [2.75, 3.05) is 18.0 Å². The summed E-state index contributed by atoms with van der Waals surface area (Å²) in [5.74, 6) is -0.0756. The van der Waals surface area contributed by atoms with Crippen molar-refractivity contribution in [3.63, 3.8) is 0 Å². The molecule has 1 aromatic carbocycles. The number of carboxylic acids is 2. The van der Waals surface area contributed by atoms with E-state index in [1.54, 1.807) is 17.9 Å². The third-order valence-electron chi connectivity index (χ3n) is 2.99. The number of hydrogen-bond acceptors (Lipinski definition) is 3. The number of benzene rings is 1. The largest absolute Gasteiger partial charge is 0.481 e. The molecule has 1 aromatic rings. The van der Waals surface area contributed by atoms with E-state index in [-0.39, 0.29) is 18.7 Å². The minimum Gasteiger partial charge on any atom is -0.481 e. The van der Waals surface area contributed by atoms with Gasteiger partial charge in [0.15, 0.2) is 0 Å². The van der Waals surface area contributed by atoms with Crippen molar-refractivity contribution in [3.8, 4) is 12.3 Å². The topological polar surface area (TPSA) is 77.8 Å². The van der Waals surface area contributed by atoms with Crippen LogP contribution in [-0.4, -0.2) is 35.2 Å². The van der Waals surface area contributed by atoms with Crippen LogP contribution < -0.4 is 4.90 Å². The van der Waals surface area contributed by atoms with E-state index in [9.17, 15) is 9.59 Å². The maximum absolute atomic E-state index is 11.0. The van der Waals surface area contributed by atoms with Gasteiger partial charge < -0.3 is 15.1 Å². The van der Waals surface area contributed by atoms with E-state index in [2.05, 4.69) is 5.92 Å². The lowest BCUT2D eigenvalue weighted by atomic mass is 10.1. The molecule has 0 bridgehead atoms. The Labute approximate surface area is 117 Å². The van der Waals surface area contributed by atoms with E-state index in [0.717, 1.165) is 5.56 Å². The molecule has 0 amide bonds. The zero-order valence-corrected chi connectivity index (χ0v) is 11.5. The summed E-state index contributed by atoms with van der Waals surface area (Å²) in [6, 6.07) is 4.72. The quantitative estimate of drug-likeness (QED) is 0.775. The van der Waals surface area contributed by atoms with Crippen molar-refractivity contribution < 1.29 is 19.8 Å². The number of aliphatic carboxylic acids is 1. The zero-order chi connectivity index (χ0) is 15.3. The smallest absolute Gasteiger partial charge is 0.335 e. The number of hydrogen-bond donors (Lipinski definition) is 2. The summed E-state index contributed by atoms with van der Waals surface area (Å²) in [6.45, 7) is 3.86. The molecule has 2 N–H and O–H groups in total. The van der Waals surface area contributed by atoms with E-state index in [1.165, 1.54) is 12.1 Å². The van der Waals surface area contributed by atoms with Crippen LogP contribution in [0.1, 0.15) is 22.8 Å². The Kier molecular flexibility index (Phi) is 5.15. The molecule has 0 saturated carbocycles. The molecule has 5 nitrogen and oxygen atoms in total. The highest BCUT2D eigenvalue weighted by Gasteiger charge is 2.18. The van der Waals surface area contributed by atoms with E-state index < -0.39 is 17.9 Å². The molecule has 0 radical (unpaired) electrons. The predicted octanol–water partition coefficient (Wildman–Crippen LogP) is 1.85. The average Bonchev–Trinajstić information content (AvgIpc) is 2.38. The van der Waals surface area contributed by atoms with Gasteiger partial charge in [-0.1, -0.05) is 18.9 Å². The Hall–Kier alpha value is -2.48. The van der Waals surface area contributed by atoms with Gasteiger partial charge in [-0.2, -0.15) is 0 Å². The standard InChI is InChI=1S/C15H17NO4/c1-4-7-16(9-11(3)14(17)18)13-8-12(15(19)20)6-5-10(13)2/h1,5-6,8,11H,7,9H2,2-3H3,(H,17,18)(H,19,20). The molecule has 1 unspecified atom stereocenters. The van der Waals surface area contributed by atoms with Crippen molar-refractivity contribution in [2.24, 2.45) is 5.92 Å². The lowest BCUT2D eigenvalue weighted by molar-refractivity contribution is -0.140. The SMILES string of the molecule is C#CCN(CC(C)C(=O)O)c1cc(C(=O)O)ccc1C. The maximum atomic E-state index is 11.0. The number of anilines is 1. The fraction of sp³-hybridized carbons (Fsp3) is 0.333. The summed E-state index contributed by atoms with van der Waals surface area (Å²) in [4.78, 5) is 23.7. The summed E-state index contributed by atoms with van der Waals surface area (Å²) in [5.41, 5.74) is 1.65. The summed E-state index contributed by atoms with van der Waals surface area (Å²) >= 11 is 0. The third-order valence-corrected chi connectivity index (χ3v) is 2.99. The molecule has 0 saturated heterocycles. The number of carboxylic acid groups (broad SMARTS) is 2. The van der Waals surface area contributed by atoms with E-state index >= 15 is 0 Å². The minimum absolute atomic E-state index is 0.149. The maximum Gasteiger partial charge on any atom is 0.335 e. The van der Waals surface area contributed by atoms with Crippen LogP contribution in [0, 0.1) is 25.2 Å². The Morgan fingerprint density at radius 2 is 2.05 bits per heavy atom. The fourth-order valence-electron chi connectivity index (χ4n) is 1.85. The van der Waals surface area contributed by atoms with Crippen molar-refractivity contribution >= 4 is 17.6 Å². The van der Waals surface area contributed by atoms with Crippen LogP contribution in [0.3, 0.4) is 0 Å². The van der Waals surface area contributed by atoms with Crippen LogP contribution in [0.15, 0.2) is 18.2 Å². The van der Waals surface area contributed by atoms with E-state index in [0.29, 0.717) is 5.69 Å². The molecule has 0 heterocycles. The number of nitrogens with zero attached hydrogens (tertiary/aromatic N) is 1. The predicted molar refractivity (Wildman–Crippen MR) is 76.0 cm³/mol. The first-order valence-electron chi connectivity index (χ1n) is 6.12. The van der Waals surface area contributed by atoms with Gasteiger partial charge in [-0.05, 0) is 24.6 Å². The molecule has 20 heavy (non-hydrogen) atoms. The highest BCUT2D eigenvalue weighted by Crippen LogP contribution is 2.22. The zero-order valence-electron chi connectivity index (χ0n) is 11.5. The molecule has 5 heteroatoms. The summed E-state index contributed by atoms with van der Waals surface area (Å²) in [5, 5.41) is 18.0. The first-order chi connectivity index (χ1) is 9.36. The number of rotatable bonds is 6. The summed E-state index contributed by atoms with van der Waals surface area (Å²) in [6.07, 6.45) is 5.31. The molecular weight excluding hydrogens is 258 g/mol. The Morgan fingerprint density at radius 1 is 1.40 bits per heavy atom. The second kappa shape index (κ2) is 6.62. The van der Waals surface area contributed by atoms with E-state index in [4.69, 9.17) is 16.6 Å². The molecule has 0 spiro atoms. The van der Waals surface area contributed by atoms with Gasteiger partial charge in [-0.3, -0.25) is 4.79 Å². The molecule has 1 rings (SSSR count). The van der Waals surface area contributed by atoms with Crippen molar-refractivity contribution in [1.29, 1.82) is 0 Å². The van der Waals surface area contributed by atoms with Crippen LogP contribution in [0.25, 0.3) is 0 Å². The highest BCUT2D eigenvalue weighted by atomic mass is 16.4. The van der Waals surface area contributed by atoms with Crippen LogP contribution in [0.2, 0.25) is 0 Å². The second-order valence-electron chi connectivity index (χ2n) is 4.63. The van der Waals surface area contributed by atoms with Crippen LogP contribution in [-0.2, 0) is 4.79 Å². The van der Waals surface area contributed by atoms with Gasteiger partial charge in [-0.15, -0.1) is 6.42 Å². The van der Waals surface area contributed by atoms with Gasteiger partial charge in [0.25, 0.3) is 0 Å². The number of terminal acetylenes is 1. The first kappa shape index (κ1) is 15.6. The van der Waals surface area contributed by atoms with Crippen LogP contribution >= 0.6 is 0 Å². The summed E-state index contributed by atoms with van der Waals surface area (Å²) < 4.78 is 0. The Balaban J connectivity index is 3.14. The Bertz CT molecular complexity index is 559. The molecule has 0 aliphatic carbocycles. The van der Waals surface area contributed by atoms with Gasteiger partial charge >= 0.3 is 11.9 Å². The number of aromatic carboxylic acids is 1. The van der Waals surface area contributed by atoms with Gasteiger partial charge in [0.05, 0.1) is 18.0 Å².